The summed E-state index contributed by atoms with van der Waals surface area (Å²) in [7, 11) is 1.67. The molecule has 0 spiro atoms. The van der Waals surface area contributed by atoms with Gasteiger partial charge < -0.3 is 29.2 Å². The van der Waals surface area contributed by atoms with E-state index < -0.39 is 5.79 Å². The van der Waals surface area contributed by atoms with Crippen LogP contribution in [-0.4, -0.2) is 41.8 Å². The van der Waals surface area contributed by atoms with Crippen LogP contribution in [0.3, 0.4) is 0 Å². The molecule has 170 valence electrons. The number of hydrogen-bond donors (Lipinski definition) is 1. The molecule has 1 saturated heterocycles. The molecule has 0 radical (unpaired) electrons. The first kappa shape index (κ1) is 22.2. The van der Waals surface area contributed by atoms with Gasteiger partial charge in [0.25, 0.3) is 0 Å². The molecule has 1 aliphatic heterocycles. The van der Waals surface area contributed by atoms with Crippen LogP contribution in [-0.2, 0) is 22.4 Å². The fourth-order valence-corrected chi connectivity index (χ4v) is 4.16. The number of ether oxygens (including phenoxy) is 4. The molecule has 4 rings (SSSR count). The summed E-state index contributed by atoms with van der Waals surface area (Å²) in [5.74, 6) is 0.966. The van der Waals surface area contributed by atoms with Gasteiger partial charge in [0.2, 0.25) is 0 Å². The van der Waals surface area contributed by atoms with Gasteiger partial charge in [-0.3, -0.25) is 0 Å². The predicted octanol–water partition coefficient (Wildman–Crippen LogP) is 3.91. The molecule has 3 aromatic rings. The van der Waals surface area contributed by atoms with E-state index >= 15 is 0 Å². The minimum atomic E-state index is -0.736. The number of nitrogens with two attached hydrogens (primary N) is 1. The molecule has 7 heteroatoms. The highest BCUT2D eigenvalue weighted by atomic mass is 16.8. The second-order valence-electron chi connectivity index (χ2n) is 8.34. The van der Waals surface area contributed by atoms with Crippen molar-refractivity contribution in [3.8, 4) is 11.5 Å². The van der Waals surface area contributed by atoms with E-state index in [2.05, 4.69) is 17.1 Å². The molecule has 2 aromatic carbocycles. The van der Waals surface area contributed by atoms with Gasteiger partial charge in [-0.15, -0.1) is 0 Å². The lowest BCUT2D eigenvalue weighted by Gasteiger charge is -2.29. The maximum atomic E-state index is 6.47. The van der Waals surface area contributed by atoms with Crippen molar-refractivity contribution in [2.45, 2.75) is 45.1 Å². The van der Waals surface area contributed by atoms with Gasteiger partial charge in [-0.1, -0.05) is 12.1 Å². The van der Waals surface area contributed by atoms with E-state index in [4.69, 9.17) is 24.7 Å². The summed E-state index contributed by atoms with van der Waals surface area (Å²) in [6.45, 7) is 5.47. The lowest BCUT2D eigenvalue weighted by Crippen LogP contribution is -2.37. The average Bonchev–Trinajstić information content (AvgIpc) is 3.42. The topological polar surface area (TPSA) is 80.8 Å². The van der Waals surface area contributed by atoms with Gasteiger partial charge >= 0.3 is 0 Å². The molecule has 2 heterocycles. The van der Waals surface area contributed by atoms with Gasteiger partial charge in [-0.05, 0) is 61.2 Å². The summed E-state index contributed by atoms with van der Waals surface area (Å²) >= 11 is 0. The largest absolute Gasteiger partial charge is 0.497 e. The summed E-state index contributed by atoms with van der Waals surface area (Å²) in [6.07, 6.45) is 6.85. The van der Waals surface area contributed by atoms with Gasteiger partial charge in [-0.25, -0.2) is 4.98 Å². The predicted molar refractivity (Wildman–Crippen MR) is 123 cm³/mol. The summed E-state index contributed by atoms with van der Waals surface area (Å²) in [5, 5.41) is 0. The van der Waals surface area contributed by atoms with Crippen LogP contribution in [0.2, 0.25) is 0 Å². The molecule has 0 aliphatic carbocycles. The van der Waals surface area contributed by atoms with E-state index in [1.807, 2.05) is 48.9 Å². The minimum absolute atomic E-state index is 0.161. The number of imidazole rings is 1. The van der Waals surface area contributed by atoms with Crippen LogP contribution in [0.25, 0.3) is 0 Å². The standard InChI is InChI=1S/C25H31N3O4/c1-18-12-21(26)13-19(2)24(18)30-14-23-15-31-25(32-23,16-28-11-10-27-17-28)9-8-20-4-6-22(29-3)7-5-20/h4-7,10-13,17,23H,8-9,14-16,26H2,1-3H3/t23-,25+/m1/s1. The highest BCUT2D eigenvalue weighted by molar-refractivity contribution is 5.52. The van der Waals surface area contributed by atoms with Crippen molar-refractivity contribution >= 4 is 5.69 Å². The molecule has 7 nitrogen and oxygen atoms in total. The zero-order chi connectivity index (χ0) is 22.6. The number of methoxy groups -OCH3 is 1. The fraction of sp³-hybridized carbons (Fsp3) is 0.400. The third kappa shape index (κ3) is 5.23. The SMILES string of the molecule is COc1ccc(CC[C@]2(Cn3ccnc3)OC[C@@H](COc3c(C)cc(N)cc3C)O2)cc1. The molecule has 2 N–H and O–H groups in total. The number of benzene rings is 2. The van der Waals surface area contributed by atoms with Crippen LogP contribution in [0, 0.1) is 13.8 Å². The zero-order valence-electron chi connectivity index (χ0n) is 18.9. The van der Waals surface area contributed by atoms with Crippen molar-refractivity contribution < 1.29 is 18.9 Å². The molecule has 0 amide bonds. The summed E-state index contributed by atoms with van der Waals surface area (Å²) in [6, 6.07) is 11.9. The zero-order valence-corrected chi connectivity index (χ0v) is 18.9. The van der Waals surface area contributed by atoms with Crippen molar-refractivity contribution in [3.63, 3.8) is 0 Å². The molecule has 1 aliphatic rings. The lowest BCUT2D eigenvalue weighted by atomic mass is 10.0. The van der Waals surface area contributed by atoms with Crippen molar-refractivity contribution in [1.29, 1.82) is 0 Å². The van der Waals surface area contributed by atoms with Crippen molar-refractivity contribution in [3.05, 3.63) is 71.8 Å². The fourth-order valence-electron chi connectivity index (χ4n) is 4.16. The molecule has 1 fully saturated rings. The molecule has 0 saturated carbocycles. The highest BCUT2D eigenvalue weighted by Crippen LogP contribution is 2.32. The molecular formula is C25H31N3O4. The first-order valence-corrected chi connectivity index (χ1v) is 10.9. The van der Waals surface area contributed by atoms with Gasteiger partial charge in [0.05, 0.1) is 26.6 Å². The van der Waals surface area contributed by atoms with Crippen LogP contribution in [0.1, 0.15) is 23.1 Å². The molecular weight excluding hydrogens is 406 g/mol. The molecule has 1 aromatic heterocycles. The summed E-state index contributed by atoms with van der Waals surface area (Å²) in [5.41, 5.74) is 9.91. The van der Waals surface area contributed by atoms with Gasteiger partial charge in [0, 0.05) is 24.5 Å². The smallest absolute Gasteiger partial charge is 0.187 e. The number of rotatable bonds is 9. The van der Waals surface area contributed by atoms with Gasteiger partial charge in [0.15, 0.2) is 5.79 Å². The average molecular weight is 438 g/mol. The Morgan fingerprint density at radius 1 is 1.19 bits per heavy atom. The quantitative estimate of drug-likeness (QED) is 0.511. The maximum absolute atomic E-state index is 6.47. The number of aryl methyl sites for hydroxylation is 3. The van der Waals surface area contributed by atoms with Crippen LogP contribution in [0.4, 0.5) is 5.69 Å². The van der Waals surface area contributed by atoms with E-state index in [9.17, 15) is 0 Å². The Morgan fingerprint density at radius 2 is 1.94 bits per heavy atom. The number of anilines is 1. The summed E-state index contributed by atoms with van der Waals surface area (Å²) < 4.78 is 26.1. The second-order valence-corrected chi connectivity index (χ2v) is 8.34. The number of aromatic nitrogens is 2. The molecule has 0 bridgehead atoms. The van der Waals surface area contributed by atoms with Crippen LogP contribution in [0.15, 0.2) is 55.1 Å². The Labute approximate surface area is 189 Å². The molecule has 32 heavy (non-hydrogen) atoms. The first-order chi connectivity index (χ1) is 15.5. The number of hydrogen-bond acceptors (Lipinski definition) is 6. The normalized spacial score (nSPS) is 20.4. The Hall–Kier alpha value is -3.03. The van der Waals surface area contributed by atoms with Crippen molar-refractivity contribution in [1.82, 2.24) is 9.55 Å². The second kappa shape index (κ2) is 9.63. The van der Waals surface area contributed by atoms with E-state index in [-0.39, 0.29) is 6.10 Å². The Balaban J connectivity index is 1.43. The minimum Gasteiger partial charge on any atom is -0.497 e. The number of nitrogens with zero attached hydrogens (tertiary/aromatic N) is 2. The molecule has 2 atom stereocenters. The van der Waals surface area contributed by atoms with Crippen molar-refractivity contribution in [2.75, 3.05) is 26.1 Å². The van der Waals surface area contributed by atoms with E-state index in [1.165, 1.54) is 5.56 Å². The van der Waals surface area contributed by atoms with Crippen LogP contribution >= 0.6 is 0 Å². The molecule has 0 unspecified atom stereocenters. The van der Waals surface area contributed by atoms with Gasteiger partial charge in [-0.2, -0.15) is 0 Å². The van der Waals surface area contributed by atoms with Crippen molar-refractivity contribution in [2.24, 2.45) is 0 Å². The maximum Gasteiger partial charge on any atom is 0.187 e. The van der Waals surface area contributed by atoms with Crippen LogP contribution in [0.5, 0.6) is 11.5 Å². The van der Waals surface area contributed by atoms with Gasteiger partial charge in [0.1, 0.15) is 24.2 Å². The lowest BCUT2D eigenvalue weighted by molar-refractivity contribution is -0.184. The van der Waals surface area contributed by atoms with Crippen LogP contribution < -0.4 is 15.2 Å². The third-order valence-corrected chi connectivity index (χ3v) is 5.75. The van der Waals surface area contributed by atoms with E-state index in [0.29, 0.717) is 26.2 Å². The number of nitrogen functional groups attached to an aromatic ring is 1. The Bertz CT molecular complexity index is 997. The summed E-state index contributed by atoms with van der Waals surface area (Å²) in [4.78, 5) is 4.16. The Kier molecular flexibility index (Phi) is 6.67. The third-order valence-electron chi connectivity index (χ3n) is 5.75. The highest BCUT2D eigenvalue weighted by Gasteiger charge is 2.42. The Morgan fingerprint density at radius 3 is 2.59 bits per heavy atom. The van der Waals surface area contributed by atoms with E-state index in [1.54, 1.807) is 19.6 Å². The monoisotopic (exact) mass is 437 g/mol. The van der Waals surface area contributed by atoms with E-state index in [0.717, 1.165) is 34.7 Å². The first-order valence-electron chi connectivity index (χ1n) is 10.9.